The zero-order valence-electron chi connectivity index (χ0n) is 8.32. The third-order valence-electron chi connectivity index (χ3n) is 2.19. The molecular weight excluding hydrogens is 252 g/mol. The molecule has 0 aliphatic heterocycles. The van der Waals surface area contributed by atoms with Crippen molar-refractivity contribution in [3.05, 3.63) is 52.8 Å². The first-order chi connectivity index (χ1) is 8.00. The maximum absolute atomic E-state index is 13.6. The monoisotopic (exact) mass is 257 g/mol. The van der Waals surface area contributed by atoms with Gasteiger partial charge in [-0.05, 0) is 18.2 Å². The second-order valence-electron chi connectivity index (χ2n) is 3.29. The van der Waals surface area contributed by atoms with E-state index in [0.29, 0.717) is 6.07 Å². The van der Waals surface area contributed by atoms with Crippen LogP contribution in [0.4, 0.5) is 8.78 Å². The van der Waals surface area contributed by atoms with E-state index in [2.05, 4.69) is 0 Å². The molecule has 2 rings (SSSR count). The van der Waals surface area contributed by atoms with E-state index in [0.717, 1.165) is 10.6 Å². The van der Waals surface area contributed by atoms with Gasteiger partial charge in [0.25, 0.3) is 0 Å². The molecule has 0 saturated heterocycles. The molecular formula is C11H6ClF2NO2. The topological polar surface area (TPSA) is 42.2 Å². The fourth-order valence-corrected chi connectivity index (χ4v) is 1.80. The number of hydrogen-bond donors (Lipinski definition) is 1. The molecule has 1 N–H and O–H groups in total. The number of carbonyl (C=O) groups is 1. The molecule has 6 heteroatoms. The number of carboxylic acids is 1. The largest absolute Gasteiger partial charge is 0.477 e. The molecule has 0 saturated carbocycles. The molecule has 0 radical (unpaired) electrons. The number of aromatic carboxylic acids is 1. The Morgan fingerprint density at radius 3 is 2.65 bits per heavy atom. The molecule has 0 amide bonds. The van der Waals surface area contributed by atoms with Gasteiger partial charge in [0.15, 0.2) is 5.82 Å². The van der Waals surface area contributed by atoms with Crippen molar-refractivity contribution in [1.29, 1.82) is 0 Å². The van der Waals surface area contributed by atoms with E-state index in [1.165, 1.54) is 18.3 Å². The zero-order chi connectivity index (χ0) is 12.6. The molecule has 1 aromatic carbocycles. The molecule has 1 heterocycles. The maximum atomic E-state index is 13.6. The van der Waals surface area contributed by atoms with Crippen LogP contribution in [-0.2, 0) is 0 Å². The highest BCUT2D eigenvalue weighted by molar-refractivity contribution is 6.32. The number of nitrogens with zero attached hydrogens (tertiary/aromatic N) is 1. The van der Waals surface area contributed by atoms with Crippen LogP contribution in [0.15, 0.2) is 30.5 Å². The minimum absolute atomic E-state index is 0.155. The van der Waals surface area contributed by atoms with E-state index >= 15 is 0 Å². The fraction of sp³-hybridized carbons (Fsp3) is 0. The molecule has 3 nitrogen and oxygen atoms in total. The number of halogens is 3. The van der Waals surface area contributed by atoms with Gasteiger partial charge in [-0.25, -0.2) is 13.6 Å². The fourth-order valence-electron chi connectivity index (χ4n) is 1.51. The van der Waals surface area contributed by atoms with Gasteiger partial charge in [-0.3, -0.25) is 0 Å². The van der Waals surface area contributed by atoms with Gasteiger partial charge in [-0.2, -0.15) is 0 Å². The summed E-state index contributed by atoms with van der Waals surface area (Å²) in [6, 6.07) is 4.29. The van der Waals surface area contributed by atoms with Gasteiger partial charge in [0, 0.05) is 12.3 Å². The highest BCUT2D eigenvalue weighted by atomic mass is 35.5. The van der Waals surface area contributed by atoms with E-state index in [1.54, 1.807) is 0 Å². The molecule has 0 spiro atoms. The van der Waals surface area contributed by atoms with Crippen LogP contribution >= 0.6 is 11.6 Å². The smallest absolute Gasteiger partial charge is 0.352 e. The molecule has 0 fully saturated rings. The lowest BCUT2D eigenvalue weighted by atomic mass is 10.2. The summed E-state index contributed by atoms with van der Waals surface area (Å²) in [5.74, 6) is -2.97. The lowest BCUT2D eigenvalue weighted by Crippen LogP contribution is -2.08. The molecule has 0 aliphatic rings. The summed E-state index contributed by atoms with van der Waals surface area (Å²) in [5, 5.41) is 8.70. The van der Waals surface area contributed by atoms with Crippen LogP contribution in [0.1, 0.15) is 10.5 Å². The van der Waals surface area contributed by atoms with Crippen molar-refractivity contribution in [3.63, 3.8) is 0 Å². The SMILES string of the molecule is O=C(O)c1cccn1-c1c(F)cc(F)cc1Cl. The van der Waals surface area contributed by atoms with E-state index in [1.807, 2.05) is 0 Å². The van der Waals surface area contributed by atoms with Gasteiger partial charge < -0.3 is 9.67 Å². The summed E-state index contributed by atoms with van der Waals surface area (Å²) in [5.41, 5.74) is -0.340. The minimum atomic E-state index is -1.23. The summed E-state index contributed by atoms with van der Waals surface area (Å²) < 4.78 is 27.5. The molecule has 1 aromatic heterocycles. The summed E-state index contributed by atoms with van der Waals surface area (Å²) in [6.07, 6.45) is 1.34. The van der Waals surface area contributed by atoms with E-state index in [4.69, 9.17) is 16.7 Å². The molecule has 17 heavy (non-hydrogen) atoms. The normalized spacial score (nSPS) is 10.5. The number of hydrogen-bond acceptors (Lipinski definition) is 1. The standard InChI is InChI=1S/C11H6ClF2NO2/c12-7-4-6(13)5-8(14)10(7)15-3-1-2-9(15)11(16)17/h1-5H,(H,16,17). The Balaban J connectivity index is 2.69. The van der Waals surface area contributed by atoms with Crippen LogP contribution < -0.4 is 0 Å². The second-order valence-corrected chi connectivity index (χ2v) is 3.69. The van der Waals surface area contributed by atoms with Gasteiger partial charge in [0.1, 0.15) is 17.2 Å². The van der Waals surface area contributed by atoms with Crippen molar-refractivity contribution in [1.82, 2.24) is 4.57 Å². The number of aromatic nitrogens is 1. The van der Waals surface area contributed by atoms with Crippen LogP contribution in [0.3, 0.4) is 0 Å². The van der Waals surface area contributed by atoms with Crippen molar-refractivity contribution in [3.8, 4) is 5.69 Å². The lowest BCUT2D eigenvalue weighted by molar-refractivity contribution is 0.0688. The molecule has 0 atom stereocenters. The molecule has 0 bridgehead atoms. The Hall–Kier alpha value is -1.88. The van der Waals surface area contributed by atoms with Crippen LogP contribution in [-0.4, -0.2) is 15.6 Å². The van der Waals surface area contributed by atoms with Gasteiger partial charge in [-0.15, -0.1) is 0 Å². The van der Waals surface area contributed by atoms with Crippen molar-refractivity contribution in [2.45, 2.75) is 0 Å². The maximum Gasteiger partial charge on any atom is 0.352 e. The predicted molar refractivity (Wildman–Crippen MR) is 57.7 cm³/mol. The third kappa shape index (κ3) is 2.01. The Kier molecular flexibility index (Phi) is 2.85. The first kappa shape index (κ1) is 11.6. The average molecular weight is 258 g/mol. The summed E-state index contributed by atoms with van der Waals surface area (Å²) >= 11 is 5.71. The van der Waals surface area contributed by atoms with Gasteiger partial charge >= 0.3 is 5.97 Å². The first-order valence-corrected chi connectivity index (χ1v) is 4.94. The van der Waals surface area contributed by atoms with Crippen molar-refractivity contribution < 1.29 is 18.7 Å². The molecule has 88 valence electrons. The van der Waals surface area contributed by atoms with Gasteiger partial charge in [-0.1, -0.05) is 11.6 Å². The summed E-state index contributed by atoms with van der Waals surface area (Å²) in [7, 11) is 0. The van der Waals surface area contributed by atoms with E-state index < -0.39 is 17.6 Å². The third-order valence-corrected chi connectivity index (χ3v) is 2.48. The molecule has 0 aliphatic carbocycles. The molecule has 2 aromatic rings. The Morgan fingerprint density at radius 2 is 2.06 bits per heavy atom. The van der Waals surface area contributed by atoms with Crippen LogP contribution in [0.2, 0.25) is 5.02 Å². The van der Waals surface area contributed by atoms with Gasteiger partial charge in [0.05, 0.1) is 5.02 Å². The van der Waals surface area contributed by atoms with Gasteiger partial charge in [0.2, 0.25) is 0 Å². The highest BCUT2D eigenvalue weighted by Crippen LogP contribution is 2.26. The van der Waals surface area contributed by atoms with Crippen molar-refractivity contribution in [2.24, 2.45) is 0 Å². The summed E-state index contributed by atoms with van der Waals surface area (Å²) in [4.78, 5) is 10.9. The van der Waals surface area contributed by atoms with Crippen LogP contribution in [0, 0.1) is 11.6 Å². The Labute approximate surface area is 99.9 Å². The van der Waals surface area contributed by atoms with Crippen LogP contribution in [0.5, 0.6) is 0 Å². The van der Waals surface area contributed by atoms with Crippen molar-refractivity contribution in [2.75, 3.05) is 0 Å². The van der Waals surface area contributed by atoms with Crippen molar-refractivity contribution >= 4 is 17.6 Å². The van der Waals surface area contributed by atoms with E-state index in [-0.39, 0.29) is 16.4 Å². The van der Waals surface area contributed by atoms with E-state index in [9.17, 15) is 13.6 Å². The number of rotatable bonds is 2. The number of carboxylic acid groups (broad SMARTS) is 1. The highest BCUT2D eigenvalue weighted by Gasteiger charge is 2.17. The van der Waals surface area contributed by atoms with Crippen LogP contribution in [0.25, 0.3) is 5.69 Å². The quantitative estimate of drug-likeness (QED) is 0.898. The summed E-state index contributed by atoms with van der Waals surface area (Å²) in [6.45, 7) is 0. The Morgan fingerprint density at radius 1 is 1.35 bits per heavy atom. The number of benzene rings is 1. The molecule has 0 unspecified atom stereocenters. The lowest BCUT2D eigenvalue weighted by Gasteiger charge is -2.09. The first-order valence-electron chi connectivity index (χ1n) is 4.56. The second kappa shape index (κ2) is 4.18. The Bertz CT molecular complexity index is 572. The predicted octanol–water partition coefficient (Wildman–Crippen LogP) is 3.11. The minimum Gasteiger partial charge on any atom is -0.477 e. The average Bonchev–Trinajstić information content (AvgIpc) is 2.64. The zero-order valence-corrected chi connectivity index (χ0v) is 9.08.